The molecule has 0 aliphatic carbocycles. The van der Waals surface area contributed by atoms with Crippen molar-refractivity contribution in [2.45, 2.75) is 0 Å². The summed E-state index contributed by atoms with van der Waals surface area (Å²) in [5, 5.41) is 3.05. The monoisotopic (exact) mass is 261 g/mol. The Morgan fingerprint density at radius 3 is 2.22 bits per heavy atom. The Labute approximate surface area is 110 Å². The normalized spacial score (nSPS) is 10.1. The molecule has 4 nitrogen and oxygen atoms in total. The molecule has 2 aromatic rings. The summed E-state index contributed by atoms with van der Waals surface area (Å²) >= 11 is 5.96. The molecule has 0 spiro atoms. The van der Waals surface area contributed by atoms with Gasteiger partial charge in [0.1, 0.15) is 0 Å². The first-order valence-corrected chi connectivity index (χ1v) is 5.66. The highest BCUT2D eigenvalue weighted by molar-refractivity contribution is 6.34. The van der Waals surface area contributed by atoms with Gasteiger partial charge in [0.05, 0.1) is 10.6 Å². The number of nitrogen functional groups attached to an aromatic ring is 2. The van der Waals surface area contributed by atoms with Gasteiger partial charge in [0.2, 0.25) is 0 Å². The van der Waals surface area contributed by atoms with Gasteiger partial charge in [-0.2, -0.15) is 0 Å². The van der Waals surface area contributed by atoms with Crippen molar-refractivity contribution in [1.82, 2.24) is 0 Å². The van der Waals surface area contributed by atoms with Gasteiger partial charge in [-0.3, -0.25) is 4.79 Å². The number of halogens is 1. The van der Waals surface area contributed by atoms with Crippen molar-refractivity contribution in [2.24, 2.45) is 0 Å². The second-order valence-corrected chi connectivity index (χ2v) is 4.22. The maximum Gasteiger partial charge on any atom is 0.257 e. The fraction of sp³-hybridized carbons (Fsp3) is 0. The molecule has 0 aliphatic rings. The molecule has 0 heterocycles. The predicted molar refractivity (Wildman–Crippen MR) is 74.7 cm³/mol. The Hall–Kier alpha value is -2.20. The van der Waals surface area contributed by atoms with Gasteiger partial charge < -0.3 is 16.8 Å². The molecule has 5 N–H and O–H groups in total. The Morgan fingerprint density at radius 1 is 1.00 bits per heavy atom. The van der Waals surface area contributed by atoms with E-state index in [1.54, 1.807) is 42.5 Å². The van der Waals surface area contributed by atoms with Gasteiger partial charge in [-0.15, -0.1) is 0 Å². The lowest BCUT2D eigenvalue weighted by Crippen LogP contribution is -2.12. The van der Waals surface area contributed by atoms with E-state index in [0.717, 1.165) is 0 Å². The van der Waals surface area contributed by atoms with Crippen molar-refractivity contribution in [2.75, 3.05) is 16.8 Å². The zero-order valence-electron chi connectivity index (χ0n) is 9.48. The van der Waals surface area contributed by atoms with Gasteiger partial charge >= 0.3 is 0 Å². The number of nitrogens with two attached hydrogens (primary N) is 2. The molecule has 0 saturated carbocycles. The van der Waals surface area contributed by atoms with Crippen LogP contribution in [0.2, 0.25) is 5.02 Å². The van der Waals surface area contributed by atoms with Gasteiger partial charge in [-0.1, -0.05) is 11.6 Å². The number of anilines is 3. The SMILES string of the molecule is Nc1ccc(NC(=O)c2ccc(N)cc2Cl)cc1. The summed E-state index contributed by atoms with van der Waals surface area (Å²) in [6.07, 6.45) is 0. The molecule has 0 bridgehead atoms. The molecule has 0 radical (unpaired) electrons. The highest BCUT2D eigenvalue weighted by Gasteiger charge is 2.10. The molecule has 1 amide bonds. The molecule has 0 fully saturated rings. The summed E-state index contributed by atoms with van der Waals surface area (Å²) in [7, 11) is 0. The lowest BCUT2D eigenvalue weighted by molar-refractivity contribution is 0.102. The molecule has 0 unspecified atom stereocenters. The zero-order valence-corrected chi connectivity index (χ0v) is 10.2. The first-order chi connectivity index (χ1) is 8.56. The maximum atomic E-state index is 12.0. The fourth-order valence-electron chi connectivity index (χ4n) is 1.48. The number of carbonyl (C=O) groups is 1. The Kier molecular flexibility index (Phi) is 3.39. The number of hydrogen-bond acceptors (Lipinski definition) is 3. The standard InChI is InChI=1S/C13H12ClN3O/c14-12-7-9(16)3-6-11(12)13(18)17-10-4-1-8(15)2-5-10/h1-7H,15-16H2,(H,17,18). The van der Waals surface area contributed by atoms with Crippen molar-refractivity contribution in [3.63, 3.8) is 0 Å². The number of hydrogen-bond donors (Lipinski definition) is 3. The third-order valence-corrected chi connectivity index (χ3v) is 2.72. The molecule has 92 valence electrons. The fourth-order valence-corrected chi connectivity index (χ4v) is 1.76. The molecule has 0 aromatic heterocycles. The Bertz CT molecular complexity index is 581. The minimum atomic E-state index is -0.287. The molecule has 0 saturated heterocycles. The van der Waals surface area contributed by atoms with E-state index in [1.807, 2.05) is 0 Å². The van der Waals surface area contributed by atoms with Crippen LogP contribution < -0.4 is 16.8 Å². The van der Waals surface area contributed by atoms with Crippen molar-refractivity contribution < 1.29 is 4.79 Å². The second-order valence-electron chi connectivity index (χ2n) is 3.82. The molecule has 18 heavy (non-hydrogen) atoms. The average molecular weight is 262 g/mol. The van der Waals surface area contributed by atoms with E-state index in [9.17, 15) is 4.79 Å². The van der Waals surface area contributed by atoms with Crippen LogP contribution in [0, 0.1) is 0 Å². The second kappa shape index (κ2) is 4.98. The van der Waals surface area contributed by atoms with Crippen LogP contribution in [0.15, 0.2) is 42.5 Å². The summed E-state index contributed by atoms with van der Waals surface area (Å²) in [4.78, 5) is 12.0. The number of amides is 1. The van der Waals surface area contributed by atoms with Crippen molar-refractivity contribution in [3.05, 3.63) is 53.1 Å². The number of carbonyl (C=O) groups excluding carboxylic acids is 1. The van der Waals surface area contributed by atoms with Crippen LogP contribution in [0.4, 0.5) is 17.1 Å². The summed E-state index contributed by atoms with van der Waals surface area (Å²) in [5.41, 5.74) is 13.3. The molecule has 2 rings (SSSR count). The van der Waals surface area contributed by atoms with Gasteiger partial charge in [0.15, 0.2) is 0 Å². The van der Waals surface area contributed by atoms with E-state index in [2.05, 4.69) is 5.32 Å². The lowest BCUT2D eigenvalue weighted by atomic mass is 10.2. The van der Waals surface area contributed by atoms with Crippen LogP contribution in [0.1, 0.15) is 10.4 Å². The quantitative estimate of drug-likeness (QED) is 0.727. The van der Waals surface area contributed by atoms with Crippen LogP contribution >= 0.6 is 11.6 Å². The number of rotatable bonds is 2. The van der Waals surface area contributed by atoms with E-state index >= 15 is 0 Å². The van der Waals surface area contributed by atoms with Gasteiger partial charge in [-0.25, -0.2) is 0 Å². The lowest BCUT2D eigenvalue weighted by Gasteiger charge is -2.07. The first-order valence-electron chi connectivity index (χ1n) is 5.28. The molecule has 0 aliphatic heterocycles. The smallest absolute Gasteiger partial charge is 0.257 e. The van der Waals surface area contributed by atoms with Crippen molar-refractivity contribution >= 4 is 34.6 Å². The molecule has 0 atom stereocenters. The van der Waals surface area contributed by atoms with E-state index in [1.165, 1.54) is 0 Å². The number of nitrogens with one attached hydrogen (secondary N) is 1. The highest BCUT2D eigenvalue weighted by Crippen LogP contribution is 2.20. The van der Waals surface area contributed by atoms with Gasteiger partial charge in [0, 0.05) is 17.1 Å². The Balaban J connectivity index is 2.19. The maximum absolute atomic E-state index is 12.0. The Morgan fingerprint density at radius 2 is 1.61 bits per heavy atom. The molecular weight excluding hydrogens is 250 g/mol. The van der Waals surface area contributed by atoms with Crippen LogP contribution in [0.25, 0.3) is 0 Å². The van der Waals surface area contributed by atoms with Crippen LogP contribution in [-0.2, 0) is 0 Å². The van der Waals surface area contributed by atoms with E-state index in [0.29, 0.717) is 27.6 Å². The van der Waals surface area contributed by atoms with E-state index in [-0.39, 0.29) is 5.91 Å². The molecular formula is C13H12ClN3O. The predicted octanol–water partition coefficient (Wildman–Crippen LogP) is 2.76. The van der Waals surface area contributed by atoms with Crippen molar-refractivity contribution in [1.29, 1.82) is 0 Å². The summed E-state index contributed by atoms with van der Waals surface area (Å²) in [6, 6.07) is 11.6. The highest BCUT2D eigenvalue weighted by atomic mass is 35.5. The number of benzene rings is 2. The van der Waals surface area contributed by atoms with Crippen LogP contribution in [-0.4, -0.2) is 5.91 Å². The van der Waals surface area contributed by atoms with Crippen molar-refractivity contribution in [3.8, 4) is 0 Å². The minimum absolute atomic E-state index is 0.287. The van der Waals surface area contributed by atoms with Gasteiger partial charge in [0.25, 0.3) is 5.91 Å². The first kappa shape index (κ1) is 12.3. The zero-order chi connectivity index (χ0) is 13.1. The van der Waals surface area contributed by atoms with Crippen LogP contribution in [0.3, 0.4) is 0 Å². The van der Waals surface area contributed by atoms with E-state index in [4.69, 9.17) is 23.1 Å². The topological polar surface area (TPSA) is 81.1 Å². The summed E-state index contributed by atoms with van der Waals surface area (Å²) in [5.74, 6) is -0.287. The largest absolute Gasteiger partial charge is 0.399 e. The third-order valence-electron chi connectivity index (χ3n) is 2.41. The molecule has 5 heteroatoms. The average Bonchev–Trinajstić information content (AvgIpc) is 2.32. The van der Waals surface area contributed by atoms with E-state index < -0.39 is 0 Å². The summed E-state index contributed by atoms with van der Waals surface area (Å²) < 4.78 is 0. The van der Waals surface area contributed by atoms with Crippen LogP contribution in [0.5, 0.6) is 0 Å². The summed E-state index contributed by atoms with van der Waals surface area (Å²) in [6.45, 7) is 0. The van der Waals surface area contributed by atoms with Gasteiger partial charge in [-0.05, 0) is 42.5 Å². The molecule has 2 aromatic carbocycles. The third kappa shape index (κ3) is 2.73. The minimum Gasteiger partial charge on any atom is -0.399 e.